The fourth-order valence-electron chi connectivity index (χ4n) is 2.92. The van der Waals surface area contributed by atoms with E-state index in [0.717, 1.165) is 49.7 Å². The molecule has 0 radical (unpaired) electrons. The molecule has 1 saturated heterocycles. The van der Waals surface area contributed by atoms with Crippen LogP contribution in [0.1, 0.15) is 19.8 Å². The van der Waals surface area contributed by atoms with Gasteiger partial charge in [-0.1, -0.05) is 41.7 Å². The number of hydrogen-bond acceptors (Lipinski definition) is 5. The molecule has 0 spiro atoms. The fourth-order valence-corrected chi connectivity index (χ4v) is 5.14. The first-order chi connectivity index (χ1) is 11.7. The fraction of sp³-hybridized carbons (Fsp3) is 0.556. The van der Waals surface area contributed by atoms with Crippen molar-refractivity contribution in [2.45, 2.75) is 25.9 Å². The van der Waals surface area contributed by atoms with Gasteiger partial charge in [-0.3, -0.25) is 9.79 Å². The molecule has 24 heavy (non-hydrogen) atoms. The molecule has 0 unspecified atom stereocenters. The van der Waals surface area contributed by atoms with Crippen LogP contribution in [0.25, 0.3) is 0 Å². The molecule has 130 valence electrons. The largest absolute Gasteiger partial charge is 0.481 e. The summed E-state index contributed by atoms with van der Waals surface area (Å²) in [5.74, 6) is 3.80. The monoisotopic (exact) mass is 364 g/mol. The van der Waals surface area contributed by atoms with Gasteiger partial charge >= 0.3 is 0 Å². The van der Waals surface area contributed by atoms with Gasteiger partial charge in [-0.25, -0.2) is 0 Å². The van der Waals surface area contributed by atoms with Crippen molar-refractivity contribution in [1.29, 1.82) is 0 Å². The maximum atomic E-state index is 12.5. The second kappa shape index (κ2) is 8.81. The van der Waals surface area contributed by atoms with E-state index in [1.54, 1.807) is 0 Å². The number of amides is 1. The first-order valence-electron chi connectivity index (χ1n) is 8.53. The highest BCUT2D eigenvalue weighted by atomic mass is 32.2. The normalized spacial score (nSPS) is 19.9. The molecule has 2 aliphatic heterocycles. The Morgan fingerprint density at radius 3 is 2.79 bits per heavy atom. The third-order valence-electron chi connectivity index (χ3n) is 4.33. The van der Waals surface area contributed by atoms with Crippen LogP contribution in [0.15, 0.2) is 35.3 Å². The molecule has 0 N–H and O–H groups in total. The molecule has 1 aromatic carbocycles. The second-order valence-corrected chi connectivity index (χ2v) is 8.50. The predicted octanol–water partition coefficient (Wildman–Crippen LogP) is 3.53. The summed E-state index contributed by atoms with van der Waals surface area (Å²) in [6, 6.07) is 9.55. The molecule has 6 heteroatoms. The number of hydrogen-bond donors (Lipinski definition) is 0. The van der Waals surface area contributed by atoms with Crippen LogP contribution in [-0.4, -0.2) is 52.4 Å². The van der Waals surface area contributed by atoms with Crippen LogP contribution in [0.2, 0.25) is 0 Å². The summed E-state index contributed by atoms with van der Waals surface area (Å²) in [6.45, 7) is 4.49. The molecule has 1 amide bonds. The lowest BCUT2D eigenvalue weighted by molar-refractivity contribution is -0.139. The highest BCUT2D eigenvalue weighted by Gasteiger charge is 2.27. The van der Waals surface area contributed by atoms with Crippen LogP contribution < -0.4 is 4.74 Å². The van der Waals surface area contributed by atoms with Crippen molar-refractivity contribution in [3.63, 3.8) is 0 Å². The number of piperidine rings is 1. The van der Waals surface area contributed by atoms with E-state index in [9.17, 15) is 4.79 Å². The maximum absolute atomic E-state index is 12.5. The van der Waals surface area contributed by atoms with Crippen LogP contribution in [0.4, 0.5) is 0 Å². The molecule has 0 aromatic heterocycles. The molecule has 2 heterocycles. The Balaban J connectivity index is 1.41. The first kappa shape index (κ1) is 17.7. The lowest BCUT2D eigenvalue weighted by Crippen LogP contribution is -2.45. The van der Waals surface area contributed by atoms with Crippen LogP contribution >= 0.6 is 23.5 Å². The average Bonchev–Trinajstić information content (AvgIpc) is 3.14. The molecule has 4 nitrogen and oxygen atoms in total. The van der Waals surface area contributed by atoms with E-state index >= 15 is 0 Å². The SMILES string of the molecule is C[C@H](Oc1ccccc1)C(=O)N1CCC(CSC2=NCCS2)CC1. The Bertz CT molecular complexity index is 572. The molecule has 0 aliphatic carbocycles. The molecular formula is C18H24N2O2S2. The van der Waals surface area contributed by atoms with Crippen molar-refractivity contribution in [1.82, 2.24) is 4.90 Å². The first-order valence-corrected chi connectivity index (χ1v) is 10.5. The average molecular weight is 365 g/mol. The third kappa shape index (κ3) is 4.93. The van der Waals surface area contributed by atoms with E-state index in [1.165, 1.54) is 4.38 Å². The second-order valence-electron chi connectivity index (χ2n) is 6.15. The number of nitrogens with zero attached hydrogens (tertiary/aromatic N) is 2. The van der Waals surface area contributed by atoms with Gasteiger partial charge in [-0.05, 0) is 37.8 Å². The van der Waals surface area contributed by atoms with E-state index in [-0.39, 0.29) is 5.91 Å². The number of thioether (sulfide) groups is 2. The Morgan fingerprint density at radius 2 is 2.12 bits per heavy atom. The van der Waals surface area contributed by atoms with Crippen LogP contribution in [-0.2, 0) is 4.79 Å². The molecular weight excluding hydrogens is 340 g/mol. The quantitative estimate of drug-likeness (QED) is 0.801. The number of likely N-dealkylation sites (tertiary alicyclic amines) is 1. The number of carbonyl (C=O) groups is 1. The Hall–Kier alpha value is -1.14. The van der Waals surface area contributed by atoms with E-state index in [1.807, 2.05) is 65.7 Å². The van der Waals surface area contributed by atoms with Gasteiger partial charge in [-0.15, -0.1) is 0 Å². The molecule has 0 bridgehead atoms. The van der Waals surface area contributed by atoms with Gasteiger partial charge in [0.05, 0.1) is 6.54 Å². The standard InChI is InChI=1S/C18H24N2O2S2/c1-14(22-16-5-3-2-4-6-16)17(21)20-10-7-15(8-11-20)13-24-18-19-9-12-23-18/h2-6,14-15H,7-13H2,1H3/t14-/m0/s1. The molecule has 3 rings (SSSR count). The summed E-state index contributed by atoms with van der Waals surface area (Å²) in [4.78, 5) is 19.0. The maximum Gasteiger partial charge on any atom is 0.263 e. The van der Waals surface area contributed by atoms with Crippen molar-refractivity contribution < 1.29 is 9.53 Å². The Labute approximate surface area is 152 Å². The zero-order valence-corrected chi connectivity index (χ0v) is 15.7. The summed E-state index contributed by atoms with van der Waals surface area (Å²) in [6.07, 6.45) is 1.73. The zero-order valence-electron chi connectivity index (χ0n) is 14.0. The van der Waals surface area contributed by atoms with Crippen LogP contribution in [0.5, 0.6) is 5.75 Å². The zero-order chi connectivity index (χ0) is 16.8. The van der Waals surface area contributed by atoms with E-state index in [4.69, 9.17) is 4.74 Å². The summed E-state index contributed by atoms with van der Waals surface area (Å²) in [5.41, 5.74) is 0. The van der Waals surface area contributed by atoms with Gasteiger partial charge in [0.1, 0.15) is 10.1 Å². The lowest BCUT2D eigenvalue weighted by Gasteiger charge is -2.33. The van der Waals surface area contributed by atoms with Gasteiger partial charge < -0.3 is 9.64 Å². The van der Waals surface area contributed by atoms with Gasteiger partial charge in [0, 0.05) is 24.6 Å². The predicted molar refractivity (Wildman–Crippen MR) is 103 cm³/mol. The number of rotatable bonds is 5. The van der Waals surface area contributed by atoms with Crippen molar-refractivity contribution in [2.75, 3.05) is 31.1 Å². The van der Waals surface area contributed by atoms with Crippen LogP contribution in [0, 0.1) is 5.92 Å². The van der Waals surface area contributed by atoms with E-state index in [2.05, 4.69) is 4.99 Å². The third-order valence-corrected chi connectivity index (χ3v) is 6.81. The van der Waals surface area contributed by atoms with Crippen molar-refractivity contribution in [3.8, 4) is 5.75 Å². The van der Waals surface area contributed by atoms with Crippen molar-refractivity contribution in [2.24, 2.45) is 10.9 Å². The van der Waals surface area contributed by atoms with E-state index in [0.29, 0.717) is 5.92 Å². The summed E-state index contributed by atoms with van der Waals surface area (Å²) >= 11 is 3.77. The minimum absolute atomic E-state index is 0.0979. The number of para-hydroxylation sites is 1. The minimum atomic E-state index is -0.428. The van der Waals surface area contributed by atoms with Crippen LogP contribution in [0.3, 0.4) is 0 Å². The highest BCUT2D eigenvalue weighted by molar-refractivity contribution is 8.39. The number of aliphatic imine (C=N–C) groups is 1. The molecule has 0 saturated carbocycles. The summed E-state index contributed by atoms with van der Waals surface area (Å²) in [7, 11) is 0. The number of ether oxygens (including phenoxy) is 1. The minimum Gasteiger partial charge on any atom is -0.481 e. The topological polar surface area (TPSA) is 41.9 Å². The van der Waals surface area contributed by atoms with E-state index < -0.39 is 6.10 Å². The molecule has 1 fully saturated rings. The Kier molecular flexibility index (Phi) is 6.49. The molecule has 1 aromatic rings. The van der Waals surface area contributed by atoms with Gasteiger partial charge in [-0.2, -0.15) is 0 Å². The van der Waals surface area contributed by atoms with Crippen molar-refractivity contribution >= 4 is 33.8 Å². The van der Waals surface area contributed by atoms with Gasteiger partial charge in [0.2, 0.25) is 0 Å². The van der Waals surface area contributed by atoms with Crippen molar-refractivity contribution in [3.05, 3.63) is 30.3 Å². The summed E-state index contributed by atoms with van der Waals surface area (Å²) in [5, 5.41) is 0. The molecule has 1 atom stereocenters. The number of benzene rings is 1. The number of carbonyl (C=O) groups excluding carboxylic acids is 1. The van der Waals surface area contributed by atoms with Gasteiger partial charge in [0.15, 0.2) is 6.10 Å². The summed E-state index contributed by atoms with van der Waals surface area (Å²) < 4.78 is 7.01. The smallest absolute Gasteiger partial charge is 0.263 e. The highest BCUT2D eigenvalue weighted by Crippen LogP contribution is 2.28. The molecule has 2 aliphatic rings. The van der Waals surface area contributed by atoms with Gasteiger partial charge in [0.25, 0.3) is 5.91 Å². The Morgan fingerprint density at radius 1 is 1.38 bits per heavy atom. The lowest BCUT2D eigenvalue weighted by atomic mass is 9.98.